The summed E-state index contributed by atoms with van der Waals surface area (Å²) in [6, 6.07) is 11.1. The number of nitriles is 1. The van der Waals surface area contributed by atoms with Crippen LogP contribution < -0.4 is 53.3 Å². The number of fused-ring (bicyclic) bond motifs is 5. The first-order chi connectivity index (χ1) is 29.1. The predicted molar refractivity (Wildman–Crippen MR) is 227 cm³/mol. The predicted octanol–water partition coefficient (Wildman–Crippen LogP) is -0.0176. The van der Waals surface area contributed by atoms with Crippen LogP contribution in [0.25, 0.3) is 11.1 Å². The Morgan fingerprint density at radius 2 is 1.54 bits per heavy atom. The van der Waals surface area contributed by atoms with E-state index in [1.54, 1.807) is 61.5 Å². The maximum absolute atomic E-state index is 14.5. The molecule has 6 amide bonds. The number of ether oxygens (including phenoxy) is 2. The third-order valence-electron chi connectivity index (χ3n) is 9.99. The summed E-state index contributed by atoms with van der Waals surface area (Å²) in [5, 5.41) is 22.1. The molecule has 4 bridgehead atoms. The van der Waals surface area contributed by atoms with E-state index in [0.717, 1.165) is 5.56 Å². The number of nitrogens with zero attached hydrogens (tertiary/aromatic N) is 2. The second-order valence-electron chi connectivity index (χ2n) is 14.7. The summed E-state index contributed by atoms with van der Waals surface area (Å²) in [6.45, 7) is 6.92. The van der Waals surface area contributed by atoms with Crippen LogP contribution in [0.1, 0.15) is 58.9 Å². The number of aryl methyl sites for hydroxylation is 2. The zero-order valence-electron chi connectivity index (χ0n) is 35.1. The molecular formula is C43H56N10O8. The Bertz CT molecular complexity index is 2140. The molecule has 4 rings (SSSR count). The molecule has 326 valence electrons. The van der Waals surface area contributed by atoms with E-state index in [0.29, 0.717) is 44.9 Å². The molecule has 0 saturated heterocycles. The van der Waals surface area contributed by atoms with E-state index >= 15 is 0 Å². The first-order valence-corrected chi connectivity index (χ1v) is 20.0. The Hall–Kier alpha value is -6.55. The number of rotatable bonds is 16. The monoisotopic (exact) mass is 840 g/mol. The fourth-order valence-electron chi connectivity index (χ4n) is 6.84. The molecule has 0 spiro atoms. The molecule has 1 aliphatic heterocycles. The van der Waals surface area contributed by atoms with E-state index in [1.807, 2.05) is 13.0 Å². The van der Waals surface area contributed by atoms with Gasteiger partial charge in [0.25, 0.3) is 5.91 Å². The zero-order chi connectivity index (χ0) is 44.8. The highest BCUT2D eigenvalue weighted by Crippen LogP contribution is 2.40. The van der Waals surface area contributed by atoms with Crippen LogP contribution >= 0.6 is 0 Å². The van der Waals surface area contributed by atoms with Gasteiger partial charge in [0.2, 0.25) is 29.5 Å². The van der Waals surface area contributed by atoms with Gasteiger partial charge in [-0.15, -0.1) is 0 Å². The lowest BCUT2D eigenvalue weighted by molar-refractivity contribution is -0.141. The molecule has 3 aromatic rings. The molecule has 0 aromatic heterocycles. The van der Waals surface area contributed by atoms with Crippen molar-refractivity contribution in [2.45, 2.75) is 70.7 Å². The maximum Gasteiger partial charge on any atom is 0.252 e. The molecule has 5 atom stereocenters. The van der Waals surface area contributed by atoms with Crippen LogP contribution in [0.3, 0.4) is 0 Å². The Morgan fingerprint density at radius 1 is 0.885 bits per heavy atom. The minimum absolute atomic E-state index is 0.0305. The van der Waals surface area contributed by atoms with Crippen molar-refractivity contribution in [2.24, 2.45) is 17.2 Å². The fraction of sp³-hybridized carbons (Fsp3) is 0.419. The topological polar surface area (TPSA) is 286 Å². The largest absolute Gasteiger partial charge is 0.492 e. The smallest absolute Gasteiger partial charge is 0.252 e. The van der Waals surface area contributed by atoms with Gasteiger partial charge < -0.3 is 58.2 Å². The second-order valence-corrected chi connectivity index (χ2v) is 14.7. The average molecular weight is 841 g/mol. The lowest BCUT2D eigenvalue weighted by Gasteiger charge is -2.32. The summed E-state index contributed by atoms with van der Waals surface area (Å²) >= 11 is 0. The van der Waals surface area contributed by atoms with Gasteiger partial charge in [0.1, 0.15) is 61.5 Å². The van der Waals surface area contributed by atoms with E-state index in [4.69, 9.17) is 31.9 Å². The lowest BCUT2D eigenvalue weighted by atomic mass is 9.93. The van der Waals surface area contributed by atoms with Gasteiger partial charge in [-0.2, -0.15) is 5.26 Å². The third kappa shape index (κ3) is 12.3. The van der Waals surface area contributed by atoms with Crippen molar-refractivity contribution in [3.05, 3.63) is 82.4 Å². The van der Waals surface area contributed by atoms with E-state index in [-0.39, 0.29) is 52.2 Å². The van der Waals surface area contributed by atoms with Gasteiger partial charge in [-0.1, -0.05) is 29.8 Å². The Balaban J connectivity index is 1.86. The highest BCUT2D eigenvalue weighted by Gasteiger charge is 2.36. The number of carbonyl (C=O) groups is 6. The molecule has 0 fully saturated rings. The molecular weight excluding hydrogens is 785 g/mol. The molecule has 1 aliphatic rings. The average Bonchev–Trinajstić information content (AvgIpc) is 3.23. The molecule has 0 unspecified atom stereocenters. The van der Waals surface area contributed by atoms with Gasteiger partial charge in [-0.3, -0.25) is 28.8 Å². The molecule has 0 radical (unpaired) electrons. The van der Waals surface area contributed by atoms with Crippen molar-refractivity contribution < 1.29 is 38.2 Å². The number of hydrogen-bond acceptors (Lipinski definition) is 12. The first kappa shape index (κ1) is 47.1. The number of amides is 6. The van der Waals surface area contributed by atoms with Gasteiger partial charge in [-0.05, 0) is 87.7 Å². The molecule has 18 heteroatoms. The highest BCUT2D eigenvalue weighted by molar-refractivity contribution is 6.00. The summed E-state index contributed by atoms with van der Waals surface area (Å²) in [7, 11) is 1.41. The normalized spacial score (nSPS) is 17.2. The summed E-state index contributed by atoms with van der Waals surface area (Å²) in [5.41, 5.74) is 21.4. The van der Waals surface area contributed by atoms with Crippen LogP contribution in [0.15, 0.2) is 54.6 Å². The van der Waals surface area contributed by atoms with Crippen LogP contribution in [0.5, 0.6) is 11.5 Å². The number of hydrogen-bond donors (Lipinski definition) is 8. The Labute approximate surface area is 355 Å². The lowest BCUT2D eigenvalue weighted by Crippen LogP contribution is -2.57. The summed E-state index contributed by atoms with van der Waals surface area (Å²) in [5.74, 6) is -3.22. The molecule has 18 nitrogen and oxygen atoms in total. The van der Waals surface area contributed by atoms with E-state index in [1.165, 1.54) is 25.8 Å². The summed E-state index contributed by atoms with van der Waals surface area (Å²) < 4.78 is 12.2. The van der Waals surface area contributed by atoms with Crippen molar-refractivity contribution in [3.63, 3.8) is 0 Å². The Kier molecular flexibility index (Phi) is 17.1. The van der Waals surface area contributed by atoms with E-state index in [9.17, 15) is 28.8 Å². The fourth-order valence-corrected chi connectivity index (χ4v) is 6.84. The minimum atomic E-state index is -1.39. The van der Waals surface area contributed by atoms with Crippen LogP contribution in [-0.4, -0.2) is 111 Å². The second kappa shape index (κ2) is 22.2. The summed E-state index contributed by atoms with van der Waals surface area (Å²) in [4.78, 5) is 83.9. The number of nitrogens with one attached hydrogen (secondary N) is 5. The highest BCUT2D eigenvalue weighted by atomic mass is 16.5. The van der Waals surface area contributed by atoms with Crippen LogP contribution in [0, 0.1) is 25.2 Å². The van der Waals surface area contributed by atoms with Crippen molar-refractivity contribution in [2.75, 3.05) is 46.4 Å². The summed E-state index contributed by atoms with van der Waals surface area (Å²) in [6.07, 6.45) is -0.0232. The van der Waals surface area contributed by atoms with Gasteiger partial charge in [0.05, 0.1) is 6.07 Å². The quantitative estimate of drug-likeness (QED) is 0.0884. The van der Waals surface area contributed by atoms with Gasteiger partial charge in [-0.25, -0.2) is 0 Å². The van der Waals surface area contributed by atoms with Gasteiger partial charge in [0, 0.05) is 43.2 Å². The standard InChI is InChI=1S/C43H56N10O8/c1-24-6-9-30(25(2)20-24)40(56)51-33(12-13-44)43(59)53(5)37-29-8-11-36(61-19-16-47)32(23-29)31-21-28(7-10-35(31)60-18-15-46)22-34(52-39(55)27(4)50-42(37)58)41(57)49-26(3)38(54)48-17-14-45/h6-11,20-21,23,26-27,33-34,37H,12-13,15-19,22,44,46-47H2,1-5H3,(H,48,54)(H,49,57)(H,50,58)(H,51,56)(H,52,55)/t26-,27-,33-,34-,37-/m0/s1. The molecule has 1 heterocycles. The van der Waals surface area contributed by atoms with Crippen molar-refractivity contribution in [3.8, 4) is 28.7 Å². The van der Waals surface area contributed by atoms with Crippen molar-refractivity contribution in [1.29, 1.82) is 5.26 Å². The van der Waals surface area contributed by atoms with E-state index in [2.05, 4.69) is 26.6 Å². The van der Waals surface area contributed by atoms with Gasteiger partial charge in [0.15, 0.2) is 0 Å². The number of benzene rings is 3. The number of carbonyl (C=O) groups excluding carboxylic acids is 6. The molecule has 11 N–H and O–H groups in total. The zero-order valence-corrected chi connectivity index (χ0v) is 35.1. The van der Waals surface area contributed by atoms with Crippen molar-refractivity contribution >= 4 is 35.4 Å². The number of nitrogens with two attached hydrogens (primary N) is 3. The molecule has 3 aromatic carbocycles. The van der Waals surface area contributed by atoms with Crippen molar-refractivity contribution in [1.82, 2.24) is 31.5 Å². The van der Waals surface area contributed by atoms with E-state index < -0.39 is 65.7 Å². The molecule has 0 saturated carbocycles. The SMILES string of the molecule is Cc1ccc(C(=O)N[C@@H](CCN)C(=O)N(C)[C@@H]2C(=O)N[C@@H](C)C(=O)N[C@H](C(=O)N[C@@H](C)C(=O)NCC#N)Cc3ccc(OCCN)c(c3)-c3cc2ccc3OCCN)c(C)c1. The maximum atomic E-state index is 14.5. The number of likely N-dealkylation sites (N-methyl/N-ethyl adjacent to an activating group) is 1. The first-order valence-electron chi connectivity index (χ1n) is 20.0. The van der Waals surface area contributed by atoms with Crippen LogP contribution in [0.4, 0.5) is 0 Å². The molecule has 61 heavy (non-hydrogen) atoms. The Morgan fingerprint density at radius 3 is 2.16 bits per heavy atom. The van der Waals surface area contributed by atoms with Crippen LogP contribution in [0.2, 0.25) is 0 Å². The van der Waals surface area contributed by atoms with Crippen LogP contribution in [-0.2, 0) is 30.4 Å². The third-order valence-corrected chi connectivity index (χ3v) is 9.99. The minimum Gasteiger partial charge on any atom is -0.492 e. The molecule has 0 aliphatic carbocycles. The van der Waals surface area contributed by atoms with Gasteiger partial charge >= 0.3 is 0 Å².